The van der Waals surface area contributed by atoms with Gasteiger partial charge in [0.15, 0.2) is 6.29 Å². The van der Waals surface area contributed by atoms with Crippen molar-refractivity contribution in [2.45, 2.75) is 13.2 Å². The number of carboxylic acids is 1. The average molecular weight is 329 g/mol. The Morgan fingerprint density at radius 3 is 2.33 bits per heavy atom. The highest BCUT2D eigenvalue weighted by Gasteiger charge is 2.13. The van der Waals surface area contributed by atoms with E-state index in [0.29, 0.717) is 5.69 Å². The third kappa shape index (κ3) is 4.15. The number of hydrogen-bond acceptors (Lipinski definition) is 6. The normalized spacial score (nSPS) is 11.2. The molecular weight excluding hydrogens is 310 g/mol. The van der Waals surface area contributed by atoms with Crippen LogP contribution >= 0.6 is 0 Å². The predicted octanol–water partition coefficient (Wildman–Crippen LogP) is 3.24. The molecule has 2 aromatic carbocycles. The van der Waals surface area contributed by atoms with E-state index in [1.807, 2.05) is 26.1 Å². The van der Waals surface area contributed by atoms with Crippen molar-refractivity contribution in [1.29, 1.82) is 0 Å². The summed E-state index contributed by atoms with van der Waals surface area (Å²) >= 11 is 0. The highest BCUT2D eigenvalue weighted by atomic mass is 16.5. The molecule has 0 unspecified atom stereocenters. The molecule has 0 aliphatic heterocycles. The van der Waals surface area contributed by atoms with Gasteiger partial charge in [0, 0.05) is 24.8 Å². The number of aromatic carboxylic acids is 1. The number of nitrogens with zero attached hydrogens (tertiary/aromatic N) is 3. The third-order valence-corrected chi connectivity index (χ3v) is 3.59. The van der Waals surface area contributed by atoms with Crippen LogP contribution in [0.25, 0.3) is 0 Å². The van der Waals surface area contributed by atoms with Gasteiger partial charge in [-0.1, -0.05) is 6.07 Å². The lowest BCUT2D eigenvalue weighted by Crippen LogP contribution is -2.15. The Kier molecular flexibility index (Phi) is 5.62. The summed E-state index contributed by atoms with van der Waals surface area (Å²) in [7, 11) is 1.97. The standard InChI is InChI=1S/C17H19N3O4/c1-3-20(2)13-7-5-12(6-8-13)18-19-15-10-11(16(21)22)4-9-14(15)17(23)24/h4-10,16,21-22H,3H2,1-2H3,(H,23,24). The molecule has 2 aromatic rings. The lowest BCUT2D eigenvalue weighted by atomic mass is 10.1. The molecule has 0 saturated carbocycles. The lowest BCUT2D eigenvalue weighted by molar-refractivity contribution is -0.0424. The first-order chi connectivity index (χ1) is 11.4. The number of aliphatic hydroxyl groups excluding tert-OH is 1. The van der Waals surface area contributed by atoms with Gasteiger partial charge in [0.1, 0.15) is 5.69 Å². The molecule has 24 heavy (non-hydrogen) atoms. The van der Waals surface area contributed by atoms with E-state index in [4.69, 9.17) is 0 Å². The number of carboxylic acid groups (broad SMARTS) is 1. The number of azo groups is 1. The molecule has 0 aliphatic rings. The first-order valence-electron chi connectivity index (χ1n) is 7.38. The molecule has 0 amide bonds. The van der Waals surface area contributed by atoms with E-state index >= 15 is 0 Å². The van der Waals surface area contributed by atoms with Crippen LogP contribution < -0.4 is 4.90 Å². The van der Waals surface area contributed by atoms with Crippen molar-refractivity contribution in [2.24, 2.45) is 10.2 Å². The molecule has 0 bridgehead atoms. The molecule has 3 N–H and O–H groups in total. The maximum atomic E-state index is 11.2. The summed E-state index contributed by atoms with van der Waals surface area (Å²) in [6.07, 6.45) is -1.70. The molecule has 0 spiro atoms. The van der Waals surface area contributed by atoms with Crippen LogP contribution in [0.5, 0.6) is 0 Å². The third-order valence-electron chi connectivity index (χ3n) is 3.59. The van der Waals surface area contributed by atoms with Crippen LogP contribution in [0.15, 0.2) is 52.7 Å². The van der Waals surface area contributed by atoms with E-state index in [9.17, 15) is 20.1 Å². The van der Waals surface area contributed by atoms with Gasteiger partial charge in [-0.05, 0) is 43.3 Å². The highest BCUT2D eigenvalue weighted by molar-refractivity contribution is 5.93. The Balaban J connectivity index is 2.30. The minimum Gasteiger partial charge on any atom is -0.478 e. The molecule has 2 rings (SSSR count). The summed E-state index contributed by atoms with van der Waals surface area (Å²) in [6, 6.07) is 11.2. The zero-order valence-electron chi connectivity index (χ0n) is 13.4. The van der Waals surface area contributed by atoms with Crippen LogP contribution in [0.2, 0.25) is 0 Å². The Labute approximate surface area is 139 Å². The van der Waals surface area contributed by atoms with Crippen molar-refractivity contribution in [3.05, 3.63) is 53.6 Å². The molecule has 0 heterocycles. The number of hydrogen-bond donors (Lipinski definition) is 3. The lowest BCUT2D eigenvalue weighted by Gasteiger charge is -2.16. The van der Waals surface area contributed by atoms with Crippen LogP contribution in [0.3, 0.4) is 0 Å². The van der Waals surface area contributed by atoms with Crippen molar-refractivity contribution in [3.8, 4) is 0 Å². The van der Waals surface area contributed by atoms with E-state index in [1.165, 1.54) is 18.2 Å². The minimum absolute atomic E-state index is 0.0582. The fraction of sp³-hybridized carbons (Fsp3) is 0.235. The zero-order chi connectivity index (χ0) is 17.7. The molecule has 0 fully saturated rings. The Hall–Kier alpha value is -2.77. The Morgan fingerprint density at radius 1 is 1.12 bits per heavy atom. The van der Waals surface area contributed by atoms with Crippen molar-refractivity contribution in [2.75, 3.05) is 18.5 Å². The van der Waals surface area contributed by atoms with Gasteiger partial charge in [-0.25, -0.2) is 4.79 Å². The van der Waals surface area contributed by atoms with Crippen molar-refractivity contribution in [1.82, 2.24) is 0 Å². The van der Waals surface area contributed by atoms with Gasteiger partial charge < -0.3 is 20.2 Å². The summed E-state index contributed by atoms with van der Waals surface area (Å²) in [6.45, 7) is 2.92. The summed E-state index contributed by atoms with van der Waals surface area (Å²) < 4.78 is 0. The fourth-order valence-corrected chi connectivity index (χ4v) is 2.04. The van der Waals surface area contributed by atoms with Gasteiger partial charge in [-0.15, -0.1) is 5.11 Å². The van der Waals surface area contributed by atoms with Crippen molar-refractivity contribution >= 4 is 23.0 Å². The maximum Gasteiger partial charge on any atom is 0.337 e. The van der Waals surface area contributed by atoms with Crippen molar-refractivity contribution < 1.29 is 20.1 Å². The van der Waals surface area contributed by atoms with Crippen LogP contribution in [0.4, 0.5) is 17.1 Å². The molecule has 0 saturated heterocycles. The number of rotatable bonds is 6. The first kappa shape index (κ1) is 17.6. The minimum atomic E-state index is -1.70. The number of carbonyl (C=O) groups is 1. The monoisotopic (exact) mass is 329 g/mol. The van der Waals surface area contributed by atoms with Gasteiger partial charge in [0.05, 0.1) is 11.3 Å². The molecule has 7 heteroatoms. The van der Waals surface area contributed by atoms with Crippen molar-refractivity contribution in [3.63, 3.8) is 0 Å². The maximum absolute atomic E-state index is 11.2. The second-order valence-corrected chi connectivity index (χ2v) is 5.19. The van der Waals surface area contributed by atoms with E-state index < -0.39 is 12.3 Å². The summed E-state index contributed by atoms with van der Waals surface area (Å²) in [5, 5.41) is 35.6. The van der Waals surface area contributed by atoms with Gasteiger partial charge in [-0.2, -0.15) is 5.11 Å². The van der Waals surface area contributed by atoms with E-state index in [-0.39, 0.29) is 16.8 Å². The van der Waals surface area contributed by atoms with E-state index in [0.717, 1.165) is 12.2 Å². The zero-order valence-corrected chi connectivity index (χ0v) is 13.4. The molecular formula is C17H19N3O4. The average Bonchev–Trinajstić information content (AvgIpc) is 2.59. The molecule has 0 atom stereocenters. The smallest absolute Gasteiger partial charge is 0.337 e. The second kappa shape index (κ2) is 7.67. The number of aliphatic hydroxyl groups is 2. The second-order valence-electron chi connectivity index (χ2n) is 5.19. The first-order valence-corrected chi connectivity index (χ1v) is 7.38. The largest absolute Gasteiger partial charge is 0.478 e. The van der Waals surface area contributed by atoms with Gasteiger partial charge in [-0.3, -0.25) is 0 Å². The molecule has 7 nitrogen and oxygen atoms in total. The van der Waals surface area contributed by atoms with Crippen LogP contribution in [0.1, 0.15) is 29.1 Å². The molecule has 0 radical (unpaired) electrons. The van der Waals surface area contributed by atoms with E-state index in [1.54, 1.807) is 12.1 Å². The summed E-state index contributed by atoms with van der Waals surface area (Å²) in [5.74, 6) is -1.16. The quantitative estimate of drug-likeness (QED) is 0.557. The molecule has 0 aliphatic carbocycles. The van der Waals surface area contributed by atoms with Crippen LogP contribution in [-0.4, -0.2) is 34.9 Å². The highest BCUT2D eigenvalue weighted by Crippen LogP contribution is 2.27. The predicted molar refractivity (Wildman–Crippen MR) is 90.1 cm³/mol. The SMILES string of the molecule is CCN(C)c1ccc(N=Nc2cc(C(O)O)ccc2C(=O)O)cc1. The Bertz CT molecular complexity index is 742. The van der Waals surface area contributed by atoms with E-state index in [2.05, 4.69) is 15.1 Å². The molecule has 126 valence electrons. The van der Waals surface area contributed by atoms with Gasteiger partial charge in [0.25, 0.3) is 0 Å². The summed E-state index contributed by atoms with van der Waals surface area (Å²) in [5.41, 5.74) is 1.74. The summed E-state index contributed by atoms with van der Waals surface area (Å²) in [4.78, 5) is 13.3. The topological polar surface area (TPSA) is 106 Å². The molecule has 0 aromatic heterocycles. The van der Waals surface area contributed by atoms with Crippen LogP contribution in [-0.2, 0) is 0 Å². The van der Waals surface area contributed by atoms with Gasteiger partial charge in [0.2, 0.25) is 0 Å². The number of anilines is 1. The van der Waals surface area contributed by atoms with Gasteiger partial charge >= 0.3 is 5.97 Å². The Morgan fingerprint density at radius 2 is 1.79 bits per heavy atom. The fourth-order valence-electron chi connectivity index (χ4n) is 2.04. The van der Waals surface area contributed by atoms with Crippen LogP contribution in [0, 0.1) is 0 Å². The number of benzene rings is 2.